The Labute approximate surface area is 169 Å². The zero-order valence-corrected chi connectivity index (χ0v) is 16.1. The molecule has 2 amide bonds. The monoisotopic (exact) mass is 416 g/mol. The smallest absolute Gasteiger partial charge is 0.420 e. The highest BCUT2D eigenvalue weighted by molar-refractivity contribution is 7.90. The van der Waals surface area contributed by atoms with Crippen LogP contribution in [0.4, 0.5) is 10.5 Å². The Bertz CT molecular complexity index is 1230. The van der Waals surface area contributed by atoms with Crippen LogP contribution in [0.3, 0.4) is 0 Å². The number of hydrogen-bond acceptors (Lipinski definition) is 6. The summed E-state index contributed by atoms with van der Waals surface area (Å²) in [6.07, 6.45) is 0.511. The first kappa shape index (κ1) is 19.9. The van der Waals surface area contributed by atoms with Crippen LogP contribution in [0.5, 0.6) is 0 Å². The summed E-state index contributed by atoms with van der Waals surface area (Å²) in [5, 5.41) is 12.7. The zero-order valence-electron chi connectivity index (χ0n) is 15.2. The fourth-order valence-corrected chi connectivity index (χ4v) is 3.66. The van der Waals surface area contributed by atoms with Crippen LogP contribution < -0.4 is 10.0 Å². The number of para-hydroxylation sites is 1. The Hall–Kier alpha value is -3.84. The van der Waals surface area contributed by atoms with Crippen molar-refractivity contribution < 1.29 is 25.6 Å². The maximum atomic E-state index is 12.4. The molecule has 0 aliphatic carbocycles. The second kappa shape index (κ2) is 8.04. The molecule has 9 nitrogen and oxygen atoms in total. The molecule has 0 saturated carbocycles. The number of carbonyl (C=O) groups excluding carboxylic acids is 2. The van der Waals surface area contributed by atoms with Gasteiger partial charge in [0.1, 0.15) is 12.6 Å². The lowest BCUT2D eigenvalue weighted by atomic mass is 10.2. The fraction of sp³-hybridized carbons (Fsp3) is 0.105. The molecule has 10 heteroatoms. The molecule has 2 aromatic carbocycles. The summed E-state index contributed by atoms with van der Waals surface area (Å²) in [6.45, 7) is -0.0217. The number of carbonyl (C=O) groups is 2. The number of rotatable bonds is 5. The molecule has 2 N–H and O–H groups in total. The molecule has 0 fully saturated rings. The van der Waals surface area contributed by atoms with Crippen LogP contribution in [0.25, 0.3) is 10.9 Å². The number of fused-ring (bicyclic) bond motifs is 1. The van der Waals surface area contributed by atoms with Gasteiger partial charge < -0.3 is 14.6 Å². The summed E-state index contributed by atoms with van der Waals surface area (Å²) >= 11 is 0. The van der Waals surface area contributed by atoms with Crippen LogP contribution in [0.15, 0.2) is 59.6 Å². The van der Waals surface area contributed by atoms with Gasteiger partial charge in [-0.15, -0.1) is 0 Å². The van der Waals surface area contributed by atoms with Crippen molar-refractivity contribution in [3.8, 4) is 6.07 Å². The third-order valence-corrected chi connectivity index (χ3v) is 5.40. The Kier molecular flexibility index (Phi) is 5.52. The number of hydrogen-bond donors (Lipinski definition) is 2. The standard InChI is InChI=1S/C19H16N4O5S.2H2/c1-28-19(25)22-29(26,27)15-8-6-14(7-9-15)21-18(24)12-23-11-13(10-20)16-4-2-3-5-17(16)23;;/h2-9,11H,12H2,1H3,(H,21,24)(H,22,25);2*1H. The molecular formula is C19H20N4O5S. The van der Waals surface area contributed by atoms with Gasteiger partial charge in [0.15, 0.2) is 0 Å². The molecule has 0 radical (unpaired) electrons. The Morgan fingerprint density at radius 2 is 1.86 bits per heavy atom. The summed E-state index contributed by atoms with van der Waals surface area (Å²) in [6, 6.07) is 14.7. The minimum absolute atomic E-state index is 0. The van der Waals surface area contributed by atoms with E-state index in [-0.39, 0.29) is 20.2 Å². The maximum absolute atomic E-state index is 12.4. The van der Waals surface area contributed by atoms with Crippen molar-refractivity contribution >= 4 is 38.6 Å². The first-order valence-corrected chi connectivity index (χ1v) is 9.81. The average molecular weight is 416 g/mol. The van der Waals surface area contributed by atoms with E-state index in [0.29, 0.717) is 11.3 Å². The lowest BCUT2D eigenvalue weighted by molar-refractivity contribution is -0.116. The van der Waals surface area contributed by atoms with Crippen LogP contribution in [-0.4, -0.2) is 32.1 Å². The topological polar surface area (TPSA) is 130 Å². The number of benzene rings is 2. The van der Waals surface area contributed by atoms with Crippen molar-refractivity contribution in [1.29, 1.82) is 5.26 Å². The number of ether oxygens (including phenoxy) is 1. The number of nitriles is 1. The molecule has 0 unspecified atom stereocenters. The van der Waals surface area contributed by atoms with Gasteiger partial charge in [0.05, 0.1) is 17.6 Å². The molecular weight excluding hydrogens is 396 g/mol. The number of nitrogens with zero attached hydrogens (tertiary/aromatic N) is 2. The molecule has 1 aromatic heterocycles. The molecule has 3 rings (SSSR count). The second-order valence-corrected chi connectivity index (χ2v) is 7.65. The largest absolute Gasteiger partial charge is 0.452 e. The van der Waals surface area contributed by atoms with Gasteiger partial charge in [-0.1, -0.05) is 18.2 Å². The van der Waals surface area contributed by atoms with Crippen molar-refractivity contribution in [3.63, 3.8) is 0 Å². The minimum Gasteiger partial charge on any atom is -0.452 e. The third-order valence-electron chi connectivity index (χ3n) is 4.07. The molecule has 0 saturated heterocycles. The minimum atomic E-state index is -4.06. The van der Waals surface area contributed by atoms with Crippen molar-refractivity contribution in [2.45, 2.75) is 11.4 Å². The van der Waals surface area contributed by atoms with E-state index in [1.165, 1.54) is 24.3 Å². The molecule has 152 valence electrons. The second-order valence-electron chi connectivity index (χ2n) is 5.97. The number of methoxy groups -OCH3 is 1. The first-order valence-electron chi connectivity index (χ1n) is 8.32. The van der Waals surface area contributed by atoms with Gasteiger partial charge in [-0.25, -0.2) is 17.9 Å². The van der Waals surface area contributed by atoms with Crippen LogP contribution in [0.1, 0.15) is 8.42 Å². The van der Waals surface area contributed by atoms with Gasteiger partial charge in [-0.05, 0) is 30.3 Å². The van der Waals surface area contributed by atoms with E-state index < -0.39 is 16.1 Å². The van der Waals surface area contributed by atoms with Crippen LogP contribution in [0, 0.1) is 11.3 Å². The fourth-order valence-electron chi connectivity index (χ4n) is 2.75. The predicted octanol–water partition coefficient (Wildman–Crippen LogP) is 2.69. The normalized spacial score (nSPS) is 10.9. The van der Waals surface area contributed by atoms with E-state index in [2.05, 4.69) is 16.1 Å². The van der Waals surface area contributed by atoms with Gasteiger partial charge in [0.25, 0.3) is 10.0 Å². The van der Waals surface area contributed by atoms with E-state index >= 15 is 0 Å². The predicted molar refractivity (Wildman–Crippen MR) is 109 cm³/mol. The quantitative estimate of drug-likeness (QED) is 0.658. The summed E-state index contributed by atoms with van der Waals surface area (Å²) < 4.78 is 31.7. The van der Waals surface area contributed by atoms with Crippen molar-refractivity contribution in [2.24, 2.45) is 0 Å². The van der Waals surface area contributed by atoms with Crippen LogP contribution in [0.2, 0.25) is 0 Å². The van der Waals surface area contributed by atoms with Gasteiger partial charge in [-0.2, -0.15) is 5.26 Å². The lowest BCUT2D eigenvalue weighted by Crippen LogP contribution is -2.30. The molecule has 29 heavy (non-hydrogen) atoms. The SMILES string of the molecule is COC(=O)NS(=O)(=O)c1ccc(NC(=O)Cn2cc(C#N)c3ccccc32)cc1.[HH].[HH]. The summed E-state index contributed by atoms with van der Waals surface area (Å²) in [5.74, 6) is -0.349. The average Bonchev–Trinajstić information content (AvgIpc) is 3.05. The molecule has 0 spiro atoms. The van der Waals surface area contributed by atoms with Crippen LogP contribution >= 0.6 is 0 Å². The molecule has 1 heterocycles. The molecule has 3 aromatic rings. The number of nitrogens with one attached hydrogen (secondary N) is 2. The summed E-state index contributed by atoms with van der Waals surface area (Å²) in [7, 11) is -3.01. The number of aromatic nitrogens is 1. The van der Waals surface area contributed by atoms with Gasteiger partial charge in [-0.3, -0.25) is 4.79 Å². The Balaban J connectivity index is 0.00000240. The third kappa shape index (κ3) is 4.36. The van der Waals surface area contributed by atoms with E-state index in [1.54, 1.807) is 15.5 Å². The van der Waals surface area contributed by atoms with Crippen molar-refractivity contribution in [1.82, 2.24) is 9.29 Å². The number of sulfonamides is 1. The van der Waals surface area contributed by atoms with E-state index in [1.807, 2.05) is 24.3 Å². The lowest BCUT2D eigenvalue weighted by Gasteiger charge is -2.09. The highest BCUT2D eigenvalue weighted by Gasteiger charge is 2.18. The summed E-state index contributed by atoms with van der Waals surface area (Å²) in [5.41, 5.74) is 1.61. The van der Waals surface area contributed by atoms with Gasteiger partial charge in [0.2, 0.25) is 5.91 Å². The van der Waals surface area contributed by atoms with E-state index in [4.69, 9.17) is 0 Å². The molecule has 0 aliphatic heterocycles. The van der Waals surface area contributed by atoms with Crippen LogP contribution in [-0.2, 0) is 26.1 Å². The van der Waals surface area contributed by atoms with Gasteiger partial charge >= 0.3 is 6.09 Å². The van der Waals surface area contributed by atoms with Crippen molar-refractivity contribution in [2.75, 3.05) is 12.4 Å². The Morgan fingerprint density at radius 1 is 1.17 bits per heavy atom. The van der Waals surface area contributed by atoms with E-state index in [9.17, 15) is 23.3 Å². The Morgan fingerprint density at radius 3 is 2.52 bits per heavy atom. The zero-order chi connectivity index (χ0) is 21.0. The molecule has 0 aliphatic rings. The summed E-state index contributed by atoms with van der Waals surface area (Å²) in [4.78, 5) is 23.3. The highest BCUT2D eigenvalue weighted by atomic mass is 32.2. The number of anilines is 1. The highest BCUT2D eigenvalue weighted by Crippen LogP contribution is 2.21. The maximum Gasteiger partial charge on any atom is 0.420 e. The molecule has 0 bridgehead atoms. The molecule has 0 atom stereocenters. The van der Waals surface area contributed by atoms with Crippen molar-refractivity contribution in [3.05, 3.63) is 60.3 Å². The first-order chi connectivity index (χ1) is 13.8. The van der Waals surface area contributed by atoms with E-state index in [0.717, 1.165) is 18.0 Å². The van der Waals surface area contributed by atoms with Gasteiger partial charge in [0, 0.05) is 25.6 Å². The number of amides is 2.